The fraction of sp³-hybridized carbons (Fsp3) is 0.773. The van der Waals surface area contributed by atoms with E-state index in [9.17, 15) is 14.4 Å². The molecule has 0 rings (SSSR count). The minimum absolute atomic E-state index is 0.0757. The molecular weight excluding hydrogens is 997 g/mol. The van der Waals surface area contributed by atoms with Crippen molar-refractivity contribution in [3.63, 3.8) is 0 Å². The van der Waals surface area contributed by atoms with Gasteiger partial charge in [-0.1, -0.05) is 324 Å². The minimum Gasteiger partial charge on any atom is -0.462 e. The van der Waals surface area contributed by atoms with Gasteiger partial charge in [0, 0.05) is 19.3 Å². The maximum absolute atomic E-state index is 13.0. The lowest BCUT2D eigenvalue weighted by molar-refractivity contribution is -0.167. The summed E-state index contributed by atoms with van der Waals surface area (Å²) in [5, 5.41) is 0. The van der Waals surface area contributed by atoms with Gasteiger partial charge in [0.05, 0.1) is 0 Å². The number of hydrogen-bond acceptors (Lipinski definition) is 6. The van der Waals surface area contributed by atoms with Crippen LogP contribution in [0.4, 0.5) is 0 Å². The van der Waals surface area contributed by atoms with E-state index >= 15 is 0 Å². The first kappa shape index (κ1) is 77.6. The first-order chi connectivity index (χ1) is 40.0. The van der Waals surface area contributed by atoms with Gasteiger partial charge < -0.3 is 14.2 Å². The second-order valence-corrected chi connectivity index (χ2v) is 23.4. The second kappa shape index (κ2) is 69.1. The van der Waals surface area contributed by atoms with Gasteiger partial charge in [-0.05, 0) is 96.3 Å². The number of allylic oxidation sites excluding steroid dienone is 14. The molecule has 0 aromatic carbocycles. The Morgan fingerprint density at radius 2 is 0.481 bits per heavy atom. The highest BCUT2D eigenvalue weighted by Gasteiger charge is 2.19. The van der Waals surface area contributed by atoms with Crippen molar-refractivity contribution in [1.29, 1.82) is 0 Å². The SMILES string of the molecule is CC/C=C\C/C=C\C/C=C\C/C=C\C/C=C\C/C=C\CCCCCCCCCCC(=O)OCC(COC(=O)CCCCCCCCCCCCCCCCCCC)OC(=O)CCCCCCCCCCC/C=C\CCCCCCCC. The summed E-state index contributed by atoms with van der Waals surface area (Å²) in [6, 6.07) is 0. The van der Waals surface area contributed by atoms with Gasteiger partial charge in [0.15, 0.2) is 6.10 Å². The summed E-state index contributed by atoms with van der Waals surface area (Å²) < 4.78 is 17.0. The number of carbonyl (C=O) groups is 3. The third-order valence-electron chi connectivity index (χ3n) is 15.4. The number of esters is 3. The molecule has 0 fully saturated rings. The highest BCUT2D eigenvalue weighted by atomic mass is 16.6. The molecule has 468 valence electrons. The molecule has 0 aliphatic rings. The Morgan fingerprint density at radius 3 is 0.765 bits per heavy atom. The van der Waals surface area contributed by atoms with Gasteiger partial charge in [-0.15, -0.1) is 0 Å². The van der Waals surface area contributed by atoms with Gasteiger partial charge in [0.25, 0.3) is 0 Å². The van der Waals surface area contributed by atoms with Gasteiger partial charge in [0.1, 0.15) is 13.2 Å². The minimum atomic E-state index is -0.781. The Bertz CT molecular complexity index is 1530. The fourth-order valence-electron chi connectivity index (χ4n) is 10.2. The third kappa shape index (κ3) is 67.3. The van der Waals surface area contributed by atoms with E-state index in [-0.39, 0.29) is 31.1 Å². The highest BCUT2D eigenvalue weighted by Crippen LogP contribution is 2.17. The van der Waals surface area contributed by atoms with E-state index in [0.29, 0.717) is 19.3 Å². The van der Waals surface area contributed by atoms with E-state index in [2.05, 4.69) is 106 Å². The number of unbranched alkanes of at least 4 members (excludes halogenated alkanes) is 39. The first-order valence-corrected chi connectivity index (χ1v) is 35.1. The molecule has 0 heterocycles. The van der Waals surface area contributed by atoms with Gasteiger partial charge in [-0.25, -0.2) is 0 Å². The van der Waals surface area contributed by atoms with E-state index in [4.69, 9.17) is 14.2 Å². The molecule has 0 saturated heterocycles. The summed E-state index contributed by atoms with van der Waals surface area (Å²) in [5.41, 5.74) is 0. The molecule has 0 aromatic rings. The Kier molecular flexibility index (Phi) is 66.2. The molecule has 6 nitrogen and oxygen atoms in total. The molecule has 0 aromatic heterocycles. The van der Waals surface area contributed by atoms with Crippen LogP contribution in [0.5, 0.6) is 0 Å². The normalized spacial score (nSPS) is 12.6. The number of ether oxygens (including phenoxy) is 3. The molecule has 0 spiro atoms. The van der Waals surface area contributed by atoms with Crippen LogP contribution in [0.1, 0.15) is 355 Å². The lowest BCUT2D eigenvalue weighted by Gasteiger charge is -2.18. The van der Waals surface area contributed by atoms with Crippen LogP contribution in [-0.2, 0) is 28.6 Å². The average molecular weight is 1130 g/mol. The van der Waals surface area contributed by atoms with Crippen LogP contribution in [0.2, 0.25) is 0 Å². The third-order valence-corrected chi connectivity index (χ3v) is 15.4. The largest absolute Gasteiger partial charge is 0.462 e. The zero-order valence-corrected chi connectivity index (χ0v) is 53.8. The van der Waals surface area contributed by atoms with Gasteiger partial charge in [-0.3, -0.25) is 14.4 Å². The second-order valence-electron chi connectivity index (χ2n) is 23.4. The van der Waals surface area contributed by atoms with E-state index in [1.807, 2.05) is 0 Å². The molecule has 0 radical (unpaired) electrons. The van der Waals surface area contributed by atoms with Crippen molar-refractivity contribution in [2.75, 3.05) is 13.2 Å². The van der Waals surface area contributed by atoms with Crippen molar-refractivity contribution in [3.05, 3.63) is 85.1 Å². The molecular formula is C75H132O6. The zero-order valence-electron chi connectivity index (χ0n) is 53.8. The van der Waals surface area contributed by atoms with Crippen molar-refractivity contribution in [2.45, 2.75) is 361 Å². The number of hydrogen-bond donors (Lipinski definition) is 0. The topological polar surface area (TPSA) is 78.9 Å². The molecule has 1 atom stereocenters. The number of rotatable bonds is 64. The van der Waals surface area contributed by atoms with Crippen LogP contribution in [0.25, 0.3) is 0 Å². The smallest absolute Gasteiger partial charge is 0.306 e. The Labute approximate surface area is 503 Å². The summed E-state index contributed by atoms with van der Waals surface area (Å²) >= 11 is 0. The first-order valence-electron chi connectivity index (χ1n) is 35.1. The van der Waals surface area contributed by atoms with E-state index in [0.717, 1.165) is 103 Å². The Hall–Kier alpha value is -3.41. The summed E-state index contributed by atoms with van der Waals surface area (Å²) in [5.74, 6) is -0.866. The van der Waals surface area contributed by atoms with Crippen LogP contribution in [0.15, 0.2) is 85.1 Å². The van der Waals surface area contributed by atoms with Gasteiger partial charge in [-0.2, -0.15) is 0 Å². The highest BCUT2D eigenvalue weighted by molar-refractivity contribution is 5.71. The molecule has 0 amide bonds. The Balaban J connectivity index is 4.35. The lowest BCUT2D eigenvalue weighted by atomic mass is 10.0. The maximum Gasteiger partial charge on any atom is 0.306 e. The van der Waals surface area contributed by atoms with Crippen molar-refractivity contribution in [3.8, 4) is 0 Å². The zero-order chi connectivity index (χ0) is 58.5. The Morgan fingerprint density at radius 1 is 0.259 bits per heavy atom. The van der Waals surface area contributed by atoms with Crippen molar-refractivity contribution in [1.82, 2.24) is 0 Å². The molecule has 0 aliphatic carbocycles. The predicted molar refractivity (Wildman–Crippen MR) is 353 cm³/mol. The van der Waals surface area contributed by atoms with Crippen molar-refractivity contribution >= 4 is 17.9 Å². The van der Waals surface area contributed by atoms with Gasteiger partial charge >= 0.3 is 17.9 Å². The predicted octanol–water partition coefficient (Wildman–Crippen LogP) is 24.2. The van der Waals surface area contributed by atoms with Crippen LogP contribution >= 0.6 is 0 Å². The molecule has 1 unspecified atom stereocenters. The lowest BCUT2D eigenvalue weighted by Crippen LogP contribution is -2.30. The average Bonchev–Trinajstić information content (AvgIpc) is 3.47. The monoisotopic (exact) mass is 1130 g/mol. The molecule has 0 bridgehead atoms. The van der Waals surface area contributed by atoms with Crippen LogP contribution in [0, 0.1) is 0 Å². The van der Waals surface area contributed by atoms with Crippen molar-refractivity contribution < 1.29 is 28.6 Å². The van der Waals surface area contributed by atoms with E-state index < -0.39 is 6.10 Å². The molecule has 81 heavy (non-hydrogen) atoms. The summed E-state index contributed by atoms with van der Waals surface area (Å²) in [6.45, 7) is 6.57. The quantitative estimate of drug-likeness (QED) is 0.0261. The molecule has 0 saturated carbocycles. The van der Waals surface area contributed by atoms with Gasteiger partial charge in [0.2, 0.25) is 0 Å². The van der Waals surface area contributed by atoms with Crippen LogP contribution in [-0.4, -0.2) is 37.2 Å². The molecule has 6 heteroatoms. The summed E-state index contributed by atoms with van der Waals surface area (Å²) in [4.78, 5) is 38.5. The van der Waals surface area contributed by atoms with E-state index in [1.54, 1.807) is 0 Å². The standard InChI is InChI=1S/C75H132O6/c1-4-7-10-13-16-19-22-25-28-31-33-34-35-36-37-38-39-40-42-44-47-50-53-56-59-62-65-68-74(77)80-71-72(70-79-73(76)67-64-61-58-55-52-49-46-43-30-27-24-21-18-15-12-9-6-3)81-75(78)69-66-63-60-57-54-51-48-45-41-32-29-26-23-20-17-14-11-8-5-2/h7,10,16,19,25-26,28-29,33-34,36-37,39-40,72H,4-6,8-9,11-15,17-18,20-24,27,30-32,35,38,41-71H2,1-3H3/b10-7-,19-16-,28-25-,29-26-,34-33-,37-36-,40-39-. The van der Waals surface area contributed by atoms with Crippen LogP contribution in [0.3, 0.4) is 0 Å². The van der Waals surface area contributed by atoms with E-state index in [1.165, 1.54) is 212 Å². The summed E-state index contributed by atoms with van der Waals surface area (Å²) in [7, 11) is 0. The summed E-state index contributed by atoms with van der Waals surface area (Å²) in [6.07, 6.45) is 91.7. The number of carbonyl (C=O) groups excluding carboxylic acids is 3. The maximum atomic E-state index is 13.0. The van der Waals surface area contributed by atoms with Crippen molar-refractivity contribution in [2.24, 2.45) is 0 Å². The fourth-order valence-corrected chi connectivity index (χ4v) is 10.2. The molecule has 0 N–H and O–H groups in total. The molecule has 0 aliphatic heterocycles. The van der Waals surface area contributed by atoms with Crippen LogP contribution < -0.4 is 0 Å².